The van der Waals surface area contributed by atoms with Gasteiger partial charge < -0.3 is 5.32 Å². The van der Waals surface area contributed by atoms with Crippen LogP contribution >= 0.6 is 11.6 Å². The monoisotopic (exact) mass is 356 g/mol. The van der Waals surface area contributed by atoms with Crippen LogP contribution in [0.25, 0.3) is 0 Å². The number of amides is 3. The van der Waals surface area contributed by atoms with Crippen molar-refractivity contribution < 1.29 is 14.4 Å². The molecule has 0 atom stereocenters. The molecule has 1 aliphatic rings. The second-order valence-corrected chi connectivity index (χ2v) is 6.38. The molecule has 3 amide bonds. The van der Waals surface area contributed by atoms with E-state index in [4.69, 9.17) is 11.6 Å². The van der Waals surface area contributed by atoms with Crippen molar-refractivity contribution >= 4 is 35.0 Å². The number of carbonyl (C=O) groups is 3. The predicted molar refractivity (Wildman–Crippen MR) is 95.6 cm³/mol. The van der Waals surface area contributed by atoms with E-state index in [0.717, 1.165) is 16.0 Å². The average molecular weight is 357 g/mol. The van der Waals surface area contributed by atoms with E-state index in [1.54, 1.807) is 36.4 Å². The number of carbonyl (C=O) groups excluding carboxylic acids is 3. The summed E-state index contributed by atoms with van der Waals surface area (Å²) in [5.41, 5.74) is 2.76. The Morgan fingerprint density at radius 2 is 1.96 bits per heavy atom. The van der Waals surface area contributed by atoms with Gasteiger partial charge in [0, 0.05) is 29.2 Å². The van der Waals surface area contributed by atoms with Gasteiger partial charge in [-0.1, -0.05) is 35.9 Å². The Morgan fingerprint density at radius 1 is 1.20 bits per heavy atom. The first-order valence-corrected chi connectivity index (χ1v) is 8.32. The number of hydrogen-bond acceptors (Lipinski definition) is 3. The third-order valence-corrected chi connectivity index (χ3v) is 4.41. The maximum Gasteiger partial charge on any atom is 0.260 e. The molecule has 0 spiro atoms. The lowest BCUT2D eigenvalue weighted by molar-refractivity contribution is -0.128. The van der Waals surface area contributed by atoms with Gasteiger partial charge in [-0.25, -0.2) is 0 Å². The van der Waals surface area contributed by atoms with Gasteiger partial charge in [-0.05, 0) is 36.2 Å². The molecule has 0 aliphatic carbocycles. The molecule has 2 aromatic carbocycles. The number of halogens is 1. The predicted octanol–water partition coefficient (Wildman–Crippen LogP) is 3.20. The number of nitrogens with one attached hydrogen (secondary N) is 1. The van der Waals surface area contributed by atoms with Crippen LogP contribution in [0.2, 0.25) is 5.02 Å². The Morgan fingerprint density at radius 3 is 2.76 bits per heavy atom. The summed E-state index contributed by atoms with van der Waals surface area (Å²) in [6.45, 7) is 1.91. The van der Waals surface area contributed by atoms with Gasteiger partial charge in [-0.3, -0.25) is 19.3 Å². The second-order valence-electron chi connectivity index (χ2n) is 5.94. The Hall–Kier alpha value is -2.66. The molecule has 0 aromatic heterocycles. The molecule has 2 aromatic rings. The minimum absolute atomic E-state index is 0.0333. The molecule has 1 aliphatic heterocycles. The summed E-state index contributed by atoms with van der Waals surface area (Å²) in [5.74, 6) is -0.904. The molecule has 1 heterocycles. The Kier molecular flexibility index (Phi) is 4.86. The van der Waals surface area contributed by atoms with E-state index in [2.05, 4.69) is 5.32 Å². The maximum absolute atomic E-state index is 12.5. The van der Waals surface area contributed by atoms with Gasteiger partial charge in [0.1, 0.15) is 0 Å². The number of imide groups is 1. The van der Waals surface area contributed by atoms with E-state index in [1.165, 1.54) is 0 Å². The quantitative estimate of drug-likeness (QED) is 0.855. The van der Waals surface area contributed by atoms with E-state index in [9.17, 15) is 14.4 Å². The number of anilines is 1. The number of fused-ring (bicyclic) bond motifs is 1. The van der Waals surface area contributed by atoms with Gasteiger partial charge in [0.25, 0.3) is 5.91 Å². The highest BCUT2D eigenvalue weighted by Crippen LogP contribution is 2.21. The Labute approximate surface area is 150 Å². The lowest BCUT2D eigenvalue weighted by Gasteiger charge is -2.26. The molecule has 0 bridgehead atoms. The van der Waals surface area contributed by atoms with Crippen LogP contribution in [0.5, 0.6) is 0 Å². The molecule has 0 saturated heterocycles. The van der Waals surface area contributed by atoms with Crippen molar-refractivity contribution in [3.8, 4) is 0 Å². The minimum atomic E-state index is -0.349. The normalized spacial score (nSPS) is 13.6. The summed E-state index contributed by atoms with van der Waals surface area (Å²) in [6, 6.07) is 12.3. The molecule has 0 fully saturated rings. The molecule has 0 radical (unpaired) electrons. The highest BCUT2D eigenvalue weighted by atomic mass is 35.5. The molecule has 128 valence electrons. The summed E-state index contributed by atoms with van der Waals surface area (Å²) in [7, 11) is 0. The average Bonchev–Trinajstić information content (AvgIpc) is 2.58. The minimum Gasteiger partial charge on any atom is -0.326 e. The summed E-state index contributed by atoms with van der Waals surface area (Å²) < 4.78 is 0. The SMILES string of the molecule is Cc1ccc(Cl)cc1NC(=O)CCN1C(=O)Cc2ccccc2C1=O. The van der Waals surface area contributed by atoms with E-state index in [0.29, 0.717) is 16.3 Å². The summed E-state index contributed by atoms with van der Waals surface area (Å²) in [4.78, 5) is 38.0. The van der Waals surface area contributed by atoms with Crippen molar-refractivity contribution in [2.24, 2.45) is 0 Å². The zero-order chi connectivity index (χ0) is 18.0. The number of rotatable bonds is 4. The Bertz CT molecular complexity index is 863. The molecule has 25 heavy (non-hydrogen) atoms. The van der Waals surface area contributed by atoms with Crippen molar-refractivity contribution in [2.45, 2.75) is 19.8 Å². The van der Waals surface area contributed by atoms with E-state index >= 15 is 0 Å². The van der Waals surface area contributed by atoms with Gasteiger partial charge in [0.05, 0.1) is 6.42 Å². The topological polar surface area (TPSA) is 66.5 Å². The van der Waals surface area contributed by atoms with Gasteiger partial charge in [-0.2, -0.15) is 0 Å². The zero-order valence-electron chi connectivity index (χ0n) is 13.7. The van der Waals surface area contributed by atoms with Crippen molar-refractivity contribution in [3.05, 3.63) is 64.2 Å². The number of hydrogen-bond donors (Lipinski definition) is 1. The second kappa shape index (κ2) is 7.07. The fourth-order valence-corrected chi connectivity index (χ4v) is 2.95. The molecule has 5 nitrogen and oxygen atoms in total. The molecular formula is C19H17ClN2O3. The van der Waals surface area contributed by atoms with Crippen LogP contribution in [0.3, 0.4) is 0 Å². The lowest BCUT2D eigenvalue weighted by Crippen LogP contribution is -2.43. The van der Waals surface area contributed by atoms with Crippen LogP contribution < -0.4 is 5.32 Å². The highest BCUT2D eigenvalue weighted by molar-refractivity contribution is 6.31. The first-order chi connectivity index (χ1) is 12.0. The fourth-order valence-electron chi connectivity index (χ4n) is 2.78. The third kappa shape index (κ3) is 3.72. The molecule has 0 unspecified atom stereocenters. The van der Waals surface area contributed by atoms with E-state index in [1.807, 2.05) is 13.0 Å². The summed E-state index contributed by atoms with van der Waals surface area (Å²) in [6.07, 6.45) is 0.211. The number of aryl methyl sites for hydroxylation is 1. The highest BCUT2D eigenvalue weighted by Gasteiger charge is 2.30. The molecular weight excluding hydrogens is 340 g/mol. The van der Waals surface area contributed by atoms with Gasteiger partial charge in [0.2, 0.25) is 11.8 Å². The van der Waals surface area contributed by atoms with Crippen LogP contribution in [-0.4, -0.2) is 29.2 Å². The summed E-state index contributed by atoms with van der Waals surface area (Å²) in [5, 5.41) is 3.29. The van der Waals surface area contributed by atoms with Crippen LogP contribution in [0.15, 0.2) is 42.5 Å². The van der Waals surface area contributed by atoms with Crippen LogP contribution in [0.1, 0.15) is 27.9 Å². The lowest BCUT2D eigenvalue weighted by atomic mass is 9.98. The van der Waals surface area contributed by atoms with E-state index < -0.39 is 0 Å². The Balaban J connectivity index is 1.65. The zero-order valence-corrected chi connectivity index (χ0v) is 14.5. The van der Waals surface area contributed by atoms with Crippen LogP contribution in [0.4, 0.5) is 5.69 Å². The van der Waals surface area contributed by atoms with Crippen molar-refractivity contribution in [1.82, 2.24) is 4.90 Å². The molecule has 6 heteroatoms. The van der Waals surface area contributed by atoms with Gasteiger partial charge in [0.15, 0.2) is 0 Å². The van der Waals surface area contributed by atoms with Crippen LogP contribution in [-0.2, 0) is 16.0 Å². The number of benzene rings is 2. The molecule has 3 rings (SSSR count). The molecule has 0 saturated carbocycles. The van der Waals surface area contributed by atoms with Gasteiger partial charge >= 0.3 is 0 Å². The van der Waals surface area contributed by atoms with Gasteiger partial charge in [-0.15, -0.1) is 0 Å². The summed E-state index contributed by atoms with van der Waals surface area (Å²) >= 11 is 5.94. The van der Waals surface area contributed by atoms with Crippen molar-refractivity contribution in [3.63, 3.8) is 0 Å². The first kappa shape index (κ1) is 17.2. The first-order valence-electron chi connectivity index (χ1n) is 7.94. The van der Waals surface area contributed by atoms with Crippen molar-refractivity contribution in [1.29, 1.82) is 0 Å². The fraction of sp³-hybridized carbons (Fsp3) is 0.211. The standard InChI is InChI=1S/C19H17ClN2O3/c1-12-6-7-14(20)11-16(12)21-17(23)8-9-22-18(24)10-13-4-2-3-5-15(13)19(22)25/h2-7,11H,8-10H2,1H3,(H,21,23). The molecule has 1 N–H and O–H groups in total. The number of nitrogens with zero attached hydrogens (tertiary/aromatic N) is 1. The third-order valence-electron chi connectivity index (χ3n) is 4.17. The van der Waals surface area contributed by atoms with E-state index in [-0.39, 0.29) is 37.1 Å². The largest absolute Gasteiger partial charge is 0.326 e. The smallest absolute Gasteiger partial charge is 0.260 e. The van der Waals surface area contributed by atoms with Crippen molar-refractivity contribution in [2.75, 3.05) is 11.9 Å². The maximum atomic E-state index is 12.5. The van der Waals surface area contributed by atoms with Crippen LogP contribution in [0, 0.1) is 6.92 Å².